The Morgan fingerprint density at radius 2 is 2.22 bits per heavy atom. The van der Waals surface area contributed by atoms with Crippen LogP contribution in [0.15, 0.2) is 12.5 Å². The lowest BCUT2D eigenvalue weighted by molar-refractivity contribution is 0.485. The van der Waals surface area contributed by atoms with Crippen molar-refractivity contribution in [1.82, 2.24) is 29.8 Å². The maximum atomic E-state index is 5.65. The number of hydrogen-bond donors (Lipinski definition) is 0. The fraction of sp³-hybridized carbons (Fsp3) is 0.636. The Balaban J connectivity index is 2.04. The number of aromatic nitrogens is 6. The normalized spacial score (nSPS) is 11.3. The molecule has 0 aliphatic rings. The van der Waals surface area contributed by atoms with Crippen LogP contribution in [-0.2, 0) is 13.0 Å². The molecule has 0 aliphatic heterocycles. The first-order valence-electron chi connectivity index (χ1n) is 6.04. The van der Waals surface area contributed by atoms with Crippen molar-refractivity contribution < 1.29 is 0 Å². The molecule has 0 N–H and O–H groups in total. The van der Waals surface area contributed by atoms with Gasteiger partial charge in [0.15, 0.2) is 0 Å². The molecule has 0 atom stereocenters. The summed E-state index contributed by atoms with van der Waals surface area (Å²) in [4.78, 5) is 4.25. The lowest BCUT2D eigenvalue weighted by Crippen LogP contribution is -2.12. The van der Waals surface area contributed by atoms with E-state index < -0.39 is 0 Å². The highest BCUT2D eigenvalue weighted by Crippen LogP contribution is 2.07. The fourth-order valence-corrected chi connectivity index (χ4v) is 1.88. The summed E-state index contributed by atoms with van der Waals surface area (Å²) < 4.78 is 3.67. The molecular formula is C11H17ClN6. The minimum absolute atomic E-state index is 0.293. The molecule has 0 fully saturated rings. The molecule has 0 saturated carbocycles. The zero-order valence-electron chi connectivity index (χ0n) is 10.6. The fourth-order valence-electron chi connectivity index (χ4n) is 1.74. The molecule has 0 saturated heterocycles. The van der Waals surface area contributed by atoms with Gasteiger partial charge in [-0.05, 0) is 26.7 Å². The van der Waals surface area contributed by atoms with Crippen LogP contribution in [-0.4, -0.2) is 35.6 Å². The van der Waals surface area contributed by atoms with Crippen LogP contribution in [0, 0.1) is 0 Å². The van der Waals surface area contributed by atoms with Crippen LogP contribution in [0.3, 0.4) is 0 Å². The minimum Gasteiger partial charge on any atom is -0.246 e. The van der Waals surface area contributed by atoms with Gasteiger partial charge in [-0.15, -0.1) is 16.7 Å². The van der Waals surface area contributed by atoms with E-state index in [4.69, 9.17) is 11.6 Å². The van der Waals surface area contributed by atoms with Gasteiger partial charge in [0, 0.05) is 18.1 Å². The summed E-state index contributed by atoms with van der Waals surface area (Å²) in [6, 6.07) is 0.293. The second kappa shape index (κ2) is 5.95. The number of rotatable bonds is 6. The molecule has 98 valence electrons. The van der Waals surface area contributed by atoms with Crippen molar-refractivity contribution in [3.05, 3.63) is 24.0 Å². The minimum atomic E-state index is 0.293. The van der Waals surface area contributed by atoms with Gasteiger partial charge in [-0.2, -0.15) is 5.10 Å². The van der Waals surface area contributed by atoms with Crippen molar-refractivity contribution in [2.24, 2.45) is 0 Å². The van der Waals surface area contributed by atoms with Gasteiger partial charge >= 0.3 is 0 Å². The van der Waals surface area contributed by atoms with Gasteiger partial charge in [-0.1, -0.05) is 5.21 Å². The number of alkyl halides is 1. The van der Waals surface area contributed by atoms with E-state index >= 15 is 0 Å². The highest BCUT2D eigenvalue weighted by atomic mass is 35.5. The maximum Gasteiger partial charge on any atom is 0.148 e. The SMILES string of the molecule is CC(C)n1ncnc1Cn1cc(CCCCl)nn1. The van der Waals surface area contributed by atoms with Crippen molar-refractivity contribution in [3.8, 4) is 0 Å². The Morgan fingerprint density at radius 1 is 1.39 bits per heavy atom. The van der Waals surface area contributed by atoms with Gasteiger partial charge in [0.25, 0.3) is 0 Å². The Labute approximate surface area is 111 Å². The van der Waals surface area contributed by atoms with Gasteiger partial charge in [-0.3, -0.25) is 0 Å². The predicted octanol–water partition coefficient (Wildman–Crippen LogP) is 1.67. The zero-order chi connectivity index (χ0) is 13.0. The number of nitrogens with zero attached hydrogens (tertiary/aromatic N) is 6. The second-order valence-electron chi connectivity index (χ2n) is 4.41. The molecule has 0 spiro atoms. The van der Waals surface area contributed by atoms with E-state index in [2.05, 4.69) is 34.2 Å². The third kappa shape index (κ3) is 3.07. The molecule has 0 amide bonds. The topological polar surface area (TPSA) is 61.4 Å². The van der Waals surface area contributed by atoms with Crippen LogP contribution in [0.2, 0.25) is 0 Å². The Hall–Kier alpha value is -1.43. The first-order chi connectivity index (χ1) is 8.70. The molecule has 0 radical (unpaired) electrons. The summed E-state index contributed by atoms with van der Waals surface area (Å²) in [6.45, 7) is 4.74. The Morgan fingerprint density at radius 3 is 2.94 bits per heavy atom. The van der Waals surface area contributed by atoms with Gasteiger partial charge in [-0.25, -0.2) is 14.3 Å². The highest BCUT2D eigenvalue weighted by Gasteiger charge is 2.09. The molecule has 0 unspecified atom stereocenters. The highest BCUT2D eigenvalue weighted by molar-refractivity contribution is 6.17. The first-order valence-corrected chi connectivity index (χ1v) is 6.57. The van der Waals surface area contributed by atoms with Crippen molar-refractivity contribution in [2.75, 3.05) is 5.88 Å². The zero-order valence-corrected chi connectivity index (χ0v) is 11.4. The lowest BCUT2D eigenvalue weighted by Gasteiger charge is -2.08. The second-order valence-corrected chi connectivity index (χ2v) is 4.79. The molecule has 6 nitrogen and oxygen atoms in total. The van der Waals surface area contributed by atoms with Gasteiger partial charge in [0.2, 0.25) is 0 Å². The molecule has 18 heavy (non-hydrogen) atoms. The van der Waals surface area contributed by atoms with Gasteiger partial charge in [0.05, 0.1) is 5.69 Å². The van der Waals surface area contributed by atoms with Crippen LogP contribution in [0.5, 0.6) is 0 Å². The van der Waals surface area contributed by atoms with E-state index in [9.17, 15) is 0 Å². The number of aryl methyl sites for hydroxylation is 1. The third-order valence-corrected chi connectivity index (χ3v) is 2.86. The first kappa shape index (κ1) is 13.0. The standard InChI is InChI=1S/C11H17ClN6/c1-9(2)18-11(13-8-14-18)7-17-6-10(15-16-17)4-3-5-12/h6,8-9H,3-5,7H2,1-2H3. The monoisotopic (exact) mass is 268 g/mol. The summed E-state index contributed by atoms with van der Waals surface area (Å²) in [6.07, 6.45) is 5.29. The Kier molecular flexibility index (Phi) is 4.30. The average molecular weight is 269 g/mol. The van der Waals surface area contributed by atoms with Crippen LogP contribution in [0.25, 0.3) is 0 Å². The van der Waals surface area contributed by atoms with Crippen molar-refractivity contribution in [3.63, 3.8) is 0 Å². The molecule has 0 aromatic carbocycles. The van der Waals surface area contributed by atoms with E-state index in [0.29, 0.717) is 18.5 Å². The lowest BCUT2D eigenvalue weighted by atomic mass is 10.3. The quantitative estimate of drug-likeness (QED) is 0.748. The molecular weight excluding hydrogens is 252 g/mol. The van der Waals surface area contributed by atoms with Crippen LogP contribution in [0.4, 0.5) is 0 Å². The average Bonchev–Trinajstić information content (AvgIpc) is 2.96. The van der Waals surface area contributed by atoms with E-state index in [1.807, 2.05) is 10.9 Å². The van der Waals surface area contributed by atoms with E-state index in [-0.39, 0.29) is 0 Å². The molecule has 2 aromatic rings. The van der Waals surface area contributed by atoms with E-state index in [1.54, 1.807) is 11.0 Å². The molecule has 2 rings (SSSR count). The van der Waals surface area contributed by atoms with Crippen molar-refractivity contribution >= 4 is 11.6 Å². The van der Waals surface area contributed by atoms with Crippen LogP contribution < -0.4 is 0 Å². The third-order valence-electron chi connectivity index (χ3n) is 2.59. The molecule has 0 bridgehead atoms. The maximum absolute atomic E-state index is 5.65. The summed E-state index contributed by atoms with van der Waals surface area (Å²) in [5.41, 5.74) is 0.964. The van der Waals surface area contributed by atoms with Gasteiger partial charge < -0.3 is 0 Å². The van der Waals surface area contributed by atoms with E-state index in [1.165, 1.54) is 0 Å². The van der Waals surface area contributed by atoms with Gasteiger partial charge in [0.1, 0.15) is 18.7 Å². The summed E-state index contributed by atoms with van der Waals surface area (Å²) >= 11 is 5.65. The molecule has 2 aromatic heterocycles. The van der Waals surface area contributed by atoms with Crippen molar-refractivity contribution in [2.45, 2.75) is 39.3 Å². The summed E-state index contributed by atoms with van der Waals surface area (Å²) in [5, 5.41) is 12.4. The summed E-state index contributed by atoms with van der Waals surface area (Å²) in [5.74, 6) is 1.54. The molecule has 0 aliphatic carbocycles. The number of hydrogen-bond acceptors (Lipinski definition) is 4. The number of halogens is 1. The van der Waals surface area contributed by atoms with Crippen LogP contribution in [0.1, 0.15) is 37.8 Å². The largest absolute Gasteiger partial charge is 0.246 e. The smallest absolute Gasteiger partial charge is 0.148 e. The van der Waals surface area contributed by atoms with E-state index in [0.717, 1.165) is 24.4 Å². The predicted molar refractivity (Wildman–Crippen MR) is 68.6 cm³/mol. The Bertz CT molecular complexity index is 489. The summed E-state index contributed by atoms with van der Waals surface area (Å²) in [7, 11) is 0. The molecule has 2 heterocycles. The van der Waals surface area contributed by atoms with Crippen molar-refractivity contribution in [1.29, 1.82) is 0 Å². The molecule has 7 heteroatoms. The van der Waals surface area contributed by atoms with Crippen LogP contribution >= 0.6 is 11.6 Å².